The predicted octanol–water partition coefficient (Wildman–Crippen LogP) is 1.60. The lowest BCUT2D eigenvalue weighted by Gasteiger charge is -2.29. The van der Waals surface area contributed by atoms with Crippen LogP contribution in [0, 0.1) is 0 Å². The number of carbonyl (C=O) groups is 1. The van der Waals surface area contributed by atoms with Crippen LogP contribution in [0.25, 0.3) is 0 Å². The first-order valence-electron chi connectivity index (χ1n) is 7.80. The number of carbonyl (C=O) groups excluding carboxylic acids is 1. The highest BCUT2D eigenvalue weighted by molar-refractivity contribution is 5.95. The predicted molar refractivity (Wildman–Crippen MR) is 83.7 cm³/mol. The van der Waals surface area contributed by atoms with Gasteiger partial charge in [0.05, 0.1) is 19.3 Å². The van der Waals surface area contributed by atoms with Crippen LogP contribution in [0.1, 0.15) is 19.3 Å². The fourth-order valence-corrected chi connectivity index (χ4v) is 2.88. The van der Waals surface area contributed by atoms with Gasteiger partial charge in [0.15, 0.2) is 0 Å². The van der Waals surface area contributed by atoms with Gasteiger partial charge in [-0.25, -0.2) is 0 Å². The molecule has 1 amide bonds. The minimum Gasteiger partial charge on any atom is -0.378 e. The van der Waals surface area contributed by atoms with E-state index in [0.29, 0.717) is 0 Å². The summed E-state index contributed by atoms with van der Waals surface area (Å²) in [5.41, 5.74) is 2.05. The van der Waals surface area contributed by atoms with E-state index in [1.807, 2.05) is 12.1 Å². The van der Waals surface area contributed by atoms with Gasteiger partial charge in [-0.05, 0) is 43.7 Å². The van der Waals surface area contributed by atoms with Crippen LogP contribution >= 0.6 is 0 Å². The standard InChI is InChI=1S/C16H23N3O2/c20-16(15-3-1-2-8-17-15)18-13-4-6-14(7-5-13)19-9-11-21-12-10-19/h4-7,15,17H,1-3,8-12H2,(H,18,20)/t15-/m0/s1. The Morgan fingerprint density at radius 2 is 1.95 bits per heavy atom. The van der Waals surface area contributed by atoms with E-state index < -0.39 is 0 Å². The third-order valence-electron chi connectivity index (χ3n) is 4.14. The van der Waals surface area contributed by atoms with Crippen LogP contribution in [0.5, 0.6) is 0 Å². The molecule has 2 aliphatic rings. The van der Waals surface area contributed by atoms with Gasteiger partial charge < -0.3 is 20.3 Å². The Hall–Kier alpha value is -1.59. The fraction of sp³-hybridized carbons (Fsp3) is 0.562. The van der Waals surface area contributed by atoms with Crippen LogP contribution < -0.4 is 15.5 Å². The topological polar surface area (TPSA) is 53.6 Å². The van der Waals surface area contributed by atoms with Crippen molar-refractivity contribution in [2.75, 3.05) is 43.1 Å². The number of piperidine rings is 1. The van der Waals surface area contributed by atoms with E-state index in [4.69, 9.17) is 4.74 Å². The third-order valence-corrected chi connectivity index (χ3v) is 4.14. The zero-order valence-corrected chi connectivity index (χ0v) is 12.3. The summed E-state index contributed by atoms with van der Waals surface area (Å²) in [4.78, 5) is 14.5. The second kappa shape index (κ2) is 6.91. The van der Waals surface area contributed by atoms with E-state index in [1.54, 1.807) is 0 Å². The molecule has 2 fully saturated rings. The van der Waals surface area contributed by atoms with E-state index in [-0.39, 0.29) is 11.9 Å². The van der Waals surface area contributed by atoms with Gasteiger partial charge in [-0.15, -0.1) is 0 Å². The van der Waals surface area contributed by atoms with Crippen LogP contribution in [0.15, 0.2) is 24.3 Å². The fourth-order valence-electron chi connectivity index (χ4n) is 2.88. The molecular formula is C16H23N3O2. The molecule has 3 rings (SSSR count). The van der Waals surface area contributed by atoms with Crippen LogP contribution in [0.3, 0.4) is 0 Å². The maximum atomic E-state index is 12.2. The van der Waals surface area contributed by atoms with Crippen molar-refractivity contribution < 1.29 is 9.53 Å². The number of hydrogen-bond donors (Lipinski definition) is 2. The molecule has 0 radical (unpaired) electrons. The third kappa shape index (κ3) is 3.74. The maximum absolute atomic E-state index is 12.2. The number of rotatable bonds is 3. The quantitative estimate of drug-likeness (QED) is 0.887. The van der Waals surface area contributed by atoms with Gasteiger partial charge in [-0.1, -0.05) is 6.42 Å². The molecule has 1 aromatic carbocycles. The van der Waals surface area contributed by atoms with Gasteiger partial charge in [0, 0.05) is 24.5 Å². The molecule has 2 aliphatic heterocycles. The Balaban J connectivity index is 1.57. The second-order valence-corrected chi connectivity index (χ2v) is 5.64. The summed E-state index contributed by atoms with van der Waals surface area (Å²) >= 11 is 0. The zero-order valence-electron chi connectivity index (χ0n) is 12.3. The monoisotopic (exact) mass is 289 g/mol. The molecular weight excluding hydrogens is 266 g/mol. The molecule has 2 heterocycles. The average molecular weight is 289 g/mol. The first-order chi connectivity index (χ1) is 10.3. The highest BCUT2D eigenvalue weighted by Crippen LogP contribution is 2.19. The van der Waals surface area contributed by atoms with Gasteiger partial charge in [0.2, 0.25) is 5.91 Å². The van der Waals surface area contributed by atoms with Gasteiger partial charge in [0.1, 0.15) is 0 Å². The van der Waals surface area contributed by atoms with E-state index in [1.165, 1.54) is 5.69 Å². The SMILES string of the molecule is O=C(Nc1ccc(N2CCOCC2)cc1)[C@@H]1CCCCN1. The summed E-state index contributed by atoms with van der Waals surface area (Å²) < 4.78 is 5.36. The minimum absolute atomic E-state index is 0.0438. The van der Waals surface area contributed by atoms with Crippen molar-refractivity contribution in [1.29, 1.82) is 0 Å². The van der Waals surface area contributed by atoms with Crippen LogP contribution in [0.2, 0.25) is 0 Å². The second-order valence-electron chi connectivity index (χ2n) is 5.64. The van der Waals surface area contributed by atoms with E-state index in [0.717, 1.165) is 57.8 Å². The van der Waals surface area contributed by atoms with Crippen molar-refractivity contribution in [2.45, 2.75) is 25.3 Å². The molecule has 21 heavy (non-hydrogen) atoms. The molecule has 2 N–H and O–H groups in total. The highest BCUT2D eigenvalue weighted by atomic mass is 16.5. The first kappa shape index (κ1) is 14.4. The molecule has 114 valence electrons. The van der Waals surface area contributed by atoms with Gasteiger partial charge in [0.25, 0.3) is 0 Å². The van der Waals surface area contributed by atoms with Gasteiger partial charge >= 0.3 is 0 Å². The van der Waals surface area contributed by atoms with Crippen molar-refractivity contribution in [3.63, 3.8) is 0 Å². The Kier molecular flexibility index (Phi) is 4.72. The van der Waals surface area contributed by atoms with Crippen molar-refractivity contribution in [3.8, 4) is 0 Å². The lowest BCUT2D eigenvalue weighted by atomic mass is 10.0. The van der Waals surface area contributed by atoms with Crippen LogP contribution in [-0.4, -0.2) is 44.8 Å². The number of benzene rings is 1. The molecule has 1 aromatic rings. The molecule has 0 spiro atoms. The van der Waals surface area contributed by atoms with Crippen LogP contribution in [0.4, 0.5) is 11.4 Å². The summed E-state index contributed by atoms with van der Waals surface area (Å²) in [5.74, 6) is 0.0776. The minimum atomic E-state index is -0.0438. The summed E-state index contributed by atoms with van der Waals surface area (Å²) in [6.45, 7) is 4.36. The molecule has 0 aromatic heterocycles. The van der Waals surface area contributed by atoms with E-state index >= 15 is 0 Å². The number of nitrogens with one attached hydrogen (secondary N) is 2. The average Bonchev–Trinajstić information content (AvgIpc) is 2.57. The summed E-state index contributed by atoms with van der Waals surface area (Å²) in [6, 6.07) is 8.04. The van der Waals surface area contributed by atoms with E-state index in [9.17, 15) is 4.79 Å². The number of nitrogens with zero attached hydrogens (tertiary/aromatic N) is 1. The molecule has 5 heteroatoms. The number of amides is 1. The largest absolute Gasteiger partial charge is 0.378 e. The van der Waals surface area contributed by atoms with Crippen molar-refractivity contribution in [1.82, 2.24) is 5.32 Å². The van der Waals surface area contributed by atoms with Crippen molar-refractivity contribution in [3.05, 3.63) is 24.3 Å². The van der Waals surface area contributed by atoms with Gasteiger partial charge in [-0.3, -0.25) is 4.79 Å². The molecule has 0 bridgehead atoms. The van der Waals surface area contributed by atoms with Gasteiger partial charge in [-0.2, -0.15) is 0 Å². The molecule has 0 aliphatic carbocycles. The summed E-state index contributed by atoms with van der Waals surface area (Å²) in [5, 5.41) is 6.27. The molecule has 2 saturated heterocycles. The normalized spacial score (nSPS) is 22.9. The lowest BCUT2D eigenvalue weighted by molar-refractivity contribution is -0.118. The Bertz CT molecular complexity index is 463. The number of ether oxygens (including phenoxy) is 1. The number of morpholine rings is 1. The molecule has 1 atom stereocenters. The zero-order chi connectivity index (χ0) is 14.5. The van der Waals surface area contributed by atoms with Crippen molar-refractivity contribution >= 4 is 17.3 Å². The summed E-state index contributed by atoms with van der Waals surface area (Å²) in [6.07, 6.45) is 3.22. The Morgan fingerprint density at radius 3 is 2.62 bits per heavy atom. The smallest absolute Gasteiger partial charge is 0.241 e. The molecule has 0 saturated carbocycles. The number of anilines is 2. The first-order valence-corrected chi connectivity index (χ1v) is 7.80. The molecule has 5 nitrogen and oxygen atoms in total. The Labute approximate surface area is 125 Å². The van der Waals surface area contributed by atoms with Crippen molar-refractivity contribution in [2.24, 2.45) is 0 Å². The highest BCUT2D eigenvalue weighted by Gasteiger charge is 2.20. The summed E-state index contributed by atoms with van der Waals surface area (Å²) in [7, 11) is 0. The van der Waals surface area contributed by atoms with E-state index in [2.05, 4.69) is 27.7 Å². The number of hydrogen-bond acceptors (Lipinski definition) is 4. The lowest BCUT2D eigenvalue weighted by Crippen LogP contribution is -2.43. The maximum Gasteiger partial charge on any atom is 0.241 e. The Morgan fingerprint density at radius 1 is 1.19 bits per heavy atom. The van der Waals surface area contributed by atoms with Crippen LogP contribution in [-0.2, 0) is 9.53 Å². The molecule has 0 unspecified atom stereocenters.